The fourth-order valence-electron chi connectivity index (χ4n) is 3.67. The molecule has 0 amide bonds. The topological polar surface area (TPSA) is 75.6 Å². The van der Waals surface area contributed by atoms with Crippen molar-refractivity contribution >= 4 is 6.08 Å². The van der Waals surface area contributed by atoms with Crippen molar-refractivity contribution in [2.45, 2.75) is 26.2 Å². The van der Waals surface area contributed by atoms with E-state index >= 15 is 0 Å². The summed E-state index contributed by atoms with van der Waals surface area (Å²) in [5.41, 5.74) is 5.27. The van der Waals surface area contributed by atoms with Gasteiger partial charge in [0.1, 0.15) is 11.4 Å². The van der Waals surface area contributed by atoms with E-state index in [1.807, 2.05) is 48.7 Å². The highest BCUT2D eigenvalue weighted by atomic mass is 16.6. The zero-order chi connectivity index (χ0) is 18.8. The van der Waals surface area contributed by atoms with Crippen LogP contribution in [0.2, 0.25) is 0 Å². The Morgan fingerprint density at radius 2 is 2.00 bits per heavy atom. The summed E-state index contributed by atoms with van der Waals surface area (Å²) in [5.74, 6) is 1.16. The Hall–Kier alpha value is -3.26. The molecule has 0 saturated carbocycles. The van der Waals surface area contributed by atoms with Gasteiger partial charge in [-0.3, -0.25) is 4.98 Å². The third kappa shape index (κ3) is 3.26. The summed E-state index contributed by atoms with van der Waals surface area (Å²) < 4.78 is 4.96. The van der Waals surface area contributed by atoms with Gasteiger partial charge in [-0.2, -0.15) is 5.26 Å². The van der Waals surface area contributed by atoms with Gasteiger partial charge < -0.3 is 0 Å². The molecule has 0 N–H and O–H groups in total. The molecule has 134 valence electrons. The fourth-order valence-corrected chi connectivity index (χ4v) is 3.67. The Balaban J connectivity index is 1.58. The zero-order valence-electron chi connectivity index (χ0n) is 15.3. The van der Waals surface area contributed by atoms with Gasteiger partial charge in [-0.15, -0.1) is 0 Å². The maximum Gasteiger partial charge on any atom is 0.115 e. The highest BCUT2D eigenvalue weighted by Crippen LogP contribution is 2.38. The number of pyridine rings is 1. The van der Waals surface area contributed by atoms with E-state index < -0.39 is 0 Å². The van der Waals surface area contributed by atoms with Crippen molar-refractivity contribution in [3.8, 4) is 17.2 Å². The number of aromatic nitrogens is 3. The predicted molar refractivity (Wildman–Crippen MR) is 102 cm³/mol. The molecule has 0 spiro atoms. The van der Waals surface area contributed by atoms with Crippen molar-refractivity contribution in [3.63, 3.8) is 0 Å². The number of hydrogen-bond donors (Lipinski definition) is 0. The lowest BCUT2D eigenvalue weighted by atomic mass is 9.74. The molecular formula is C22H20N4O. The second kappa shape index (κ2) is 7.16. The Kier molecular flexibility index (Phi) is 4.55. The molecule has 5 heteroatoms. The van der Waals surface area contributed by atoms with E-state index in [0.717, 1.165) is 34.6 Å². The molecule has 1 aromatic carbocycles. The van der Waals surface area contributed by atoms with Crippen molar-refractivity contribution in [2.75, 3.05) is 0 Å². The third-order valence-corrected chi connectivity index (χ3v) is 5.50. The zero-order valence-corrected chi connectivity index (χ0v) is 15.3. The Morgan fingerprint density at radius 3 is 2.78 bits per heavy atom. The molecule has 0 radical (unpaired) electrons. The van der Waals surface area contributed by atoms with E-state index in [9.17, 15) is 5.26 Å². The number of nitriles is 1. The minimum absolute atomic E-state index is 0.177. The molecule has 27 heavy (non-hydrogen) atoms. The number of allylic oxidation sites excluding steroid dienone is 1. The Bertz CT molecular complexity index is 1010. The normalized spacial score (nSPS) is 21.7. The summed E-state index contributed by atoms with van der Waals surface area (Å²) in [7, 11) is 0. The van der Waals surface area contributed by atoms with Crippen molar-refractivity contribution in [3.05, 3.63) is 71.3 Å². The molecule has 0 bridgehead atoms. The van der Waals surface area contributed by atoms with Gasteiger partial charge in [-0.05, 0) is 36.5 Å². The highest BCUT2D eigenvalue weighted by Gasteiger charge is 2.33. The smallest absolute Gasteiger partial charge is 0.115 e. The maximum atomic E-state index is 9.27. The van der Waals surface area contributed by atoms with E-state index in [0.29, 0.717) is 17.4 Å². The van der Waals surface area contributed by atoms with Gasteiger partial charge in [0.25, 0.3) is 0 Å². The van der Waals surface area contributed by atoms with Gasteiger partial charge in [0, 0.05) is 23.2 Å². The van der Waals surface area contributed by atoms with Crippen LogP contribution >= 0.6 is 0 Å². The lowest BCUT2D eigenvalue weighted by molar-refractivity contribution is 0.299. The van der Waals surface area contributed by atoms with Gasteiger partial charge in [0.2, 0.25) is 0 Å². The van der Waals surface area contributed by atoms with E-state index in [2.05, 4.69) is 41.3 Å². The highest BCUT2D eigenvalue weighted by molar-refractivity contribution is 5.70. The summed E-state index contributed by atoms with van der Waals surface area (Å²) in [6.45, 7) is 4.48. The molecule has 0 saturated heterocycles. The first-order chi connectivity index (χ1) is 13.2. The molecule has 0 aliphatic heterocycles. The van der Waals surface area contributed by atoms with Gasteiger partial charge in [0.15, 0.2) is 0 Å². The monoisotopic (exact) mass is 356 g/mol. The largest absolute Gasteiger partial charge is 0.256 e. The molecule has 1 aliphatic rings. The minimum atomic E-state index is 0.177. The Labute approximate surface area is 158 Å². The van der Waals surface area contributed by atoms with Crippen LogP contribution in [0.1, 0.15) is 42.4 Å². The number of nitrogens with zero attached hydrogens (tertiary/aromatic N) is 4. The standard InChI is InChI=1S/C22H20N4O/c1-14-11-21-22(26-27-25-21)19(15(14)2)10-9-18-8-7-17(13-24-18)20-6-4-3-5-16(20)12-23/h3-10,13-15,19H,11H2,1-2H3/b10-9+/t14-,15+,19-/m0/s1. The SMILES string of the molecule is C[C@H]1[C@H](/C=C/c2ccc(-c3ccccc3C#N)cn2)c2nonc2C[C@@H]1C. The first kappa shape index (κ1) is 17.2. The van der Waals surface area contributed by atoms with E-state index in [1.165, 1.54) is 0 Å². The molecule has 0 unspecified atom stereocenters. The first-order valence-electron chi connectivity index (χ1n) is 9.12. The molecule has 3 atom stereocenters. The quantitative estimate of drug-likeness (QED) is 0.684. The van der Waals surface area contributed by atoms with Crippen molar-refractivity contribution in [1.29, 1.82) is 5.26 Å². The van der Waals surface area contributed by atoms with Gasteiger partial charge in [0.05, 0.1) is 17.3 Å². The number of rotatable bonds is 3. The van der Waals surface area contributed by atoms with Crippen LogP contribution in [0.15, 0.2) is 53.3 Å². The lowest BCUT2D eigenvalue weighted by Gasteiger charge is -2.29. The minimum Gasteiger partial charge on any atom is -0.256 e. The number of benzene rings is 1. The number of hydrogen-bond acceptors (Lipinski definition) is 5. The Morgan fingerprint density at radius 1 is 1.15 bits per heavy atom. The van der Waals surface area contributed by atoms with Crippen LogP contribution in [0, 0.1) is 23.2 Å². The van der Waals surface area contributed by atoms with Crippen LogP contribution in [-0.2, 0) is 6.42 Å². The van der Waals surface area contributed by atoms with Crippen molar-refractivity contribution < 1.29 is 4.63 Å². The molecule has 1 aliphatic carbocycles. The summed E-state index contributed by atoms with van der Waals surface area (Å²) >= 11 is 0. The number of fused-ring (bicyclic) bond motifs is 1. The van der Waals surface area contributed by atoms with Gasteiger partial charge >= 0.3 is 0 Å². The molecule has 0 fully saturated rings. The third-order valence-electron chi connectivity index (χ3n) is 5.50. The van der Waals surface area contributed by atoms with Gasteiger partial charge in [-0.1, -0.05) is 54.5 Å². The molecule has 5 nitrogen and oxygen atoms in total. The average Bonchev–Trinajstić information content (AvgIpc) is 3.16. The molecule has 2 heterocycles. The second-order valence-corrected chi connectivity index (χ2v) is 7.15. The van der Waals surface area contributed by atoms with E-state index in [-0.39, 0.29) is 5.92 Å². The first-order valence-corrected chi connectivity index (χ1v) is 9.12. The molecule has 2 aromatic heterocycles. The van der Waals surface area contributed by atoms with Crippen molar-refractivity contribution in [1.82, 2.24) is 15.3 Å². The van der Waals surface area contributed by atoms with E-state index in [1.54, 1.807) is 0 Å². The van der Waals surface area contributed by atoms with Crippen LogP contribution in [0.25, 0.3) is 17.2 Å². The van der Waals surface area contributed by atoms with E-state index in [4.69, 9.17) is 4.63 Å². The van der Waals surface area contributed by atoms with Crippen LogP contribution in [0.4, 0.5) is 0 Å². The molecule has 4 rings (SSSR count). The summed E-state index contributed by atoms with van der Waals surface area (Å²) in [5, 5.41) is 17.4. The van der Waals surface area contributed by atoms with Crippen LogP contribution in [-0.4, -0.2) is 15.3 Å². The summed E-state index contributed by atoms with van der Waals surface area (Å²) in [6.07, 6.45) is 6.90. The maximum absolute atomic E-state index is 9.27. The second-order valence-electron chi connectivity index (χ2n) is 7.15. The summed E-state index contributed by atoms with van der Waals surface area (Å²) in [6, 6.07) is 13.8. The lowest BCUT2D eigenvalue weighted by Crippen LogP contribution is -2.24. The van der Waals surface area contributed by atoms with Crippen LogP contribution in [0.3, 0.4) is 0 Å². The van der Waals surface area contributed by atoms with Crippen LogP contribution in [0.5, 0.6) is 0 Å². The molecule has 3 aromatic rings. The molecular weight excluding hydrogens is 336 g/mol. The summed E-state index contributed by atoms with van der Waals surface area (Å²) in [4.78, 5) is 4.55. The van der Waals surface area contributed by atoms with Gasteiger partial charge in [-0.25, -0.2) is 4.63 Å². The predicted octanol–water partition coefficient (Wildman–Crippen LogP) is 4.63. The van der Waals surface area contributed by atoms with Crippen molar-refractivity contribution in [2.24, 2.45) is 11.8 Å². The van der Waals surface area contributed by atoms with Crippen LogP contribution < -0.4 is 0 Å². The average molecular weight is 356 g/mol. The fraction of sp³-hybridized carbons (Fsp3) is 0.273.